The van der Waals surface area contributed by atoms with Gasteiger partial charge in [0.1, 0.15) is 12.1 Å². The standard InChI is InChI=1S/C13H14ClIN2O2/c1-3-13(2)12(19)17(7-11(18)16-13)10-5-4-8(14)6-9(10)15/h4-6H,3,7H2,1-2H3,(H,16,18). The Bertz CT molecular complexity index is 549. The first-order chi connectivity index (χ1) is 8.87. The van der Waals surface area contributed by atoms with Crippen LogP contribution in [0.15, 0.2) is 18.2 Å². The van der Waals surface area contributed by atoms with Gasteiger partial charge in [-0.25, -0.2) is 0 Å². The summed E-state index contributed by atoms with van der Waals surface area (Å²) < 4.78 is 0.853. The van der Waals surface area contributed by atoms with E-state index in [1.165, 1.54) is 4.90 Å². The molecule has 1 aromatic rings. The van der Waals surface area contributed by atoms with Crippen molar-refractivity contribution < 1.29 is 9.59 Å². The highest BCUT2D eigenvalue weighted by Gasteiger charge is 2.42. The molecule has 102 valence electrons. The van der Waals surface area contributed by atoms with Crippen LogP contribution in [0, 0.1) is 3.57 Å². The van der Waals surface area contributed by atoms with Crippen molar-refractivity contribution >= 4 is 51.7 Å². The molecule has 1 aliphatic rings. The van der Waals surface area contributed by atoms with E-state index < -0.39 is 5.54 Å². The first kappa shape index (κ1) is 14.6. The number of halogens is 2. The fourth-order valence-electron chi connectivity index (χ4n) is 2.05. The van der Waals surface area contributed by atoms with Gasteiger partial charge in [-0.05, 0) is 54.1 Å². The number of rotatable bonds is 2. The molecule has 0 radical (unpaired) electrons. The second-order valence-corrected chi connectivity index (χ2v) is 6.32. The second kappa shape index (κ2) is 5.28. The minimum Gasteiger partial charge on any atom is -0.340 e. The number of hydrogen-bond acceptors (Lipinski definition) is 2. The van der Waals surface area contributed by atoms with E-state index in [2.05, 4.69) is 27.9 Å². The van der Waals surface area contributed by atoms with Crippen molar-refractivity contribution in [3.8, 4) is 0 Å². The Hall–Kier alpha value is -0.820. The minimum atomic E-state index is -0.835. The lowest BCUT2D eigenvalue weighted by molar-refractivity contribution is -0.135. The molecule has 0 saturated carbocycles. The maximum atomic E-state index is 12.5. The molecule has 19 heavy (non-hydrogen) atoms. The summed E-state index contributed by atoms with van der Waals surface area (Å²) in [7, 11) is 0. The zero-order chi connectivity index (χ0) is 14.2. The smallest absolute Gasteiger partial charge is 0.252 e. The largest absolute Gasteiger partial charge is 0.340 e. The van der Waals surface area contributed by atoms with Gasteiger partial charge in [-0.3, -0.25) is 14.5 Å². The number of benzene rings is 1. The lowest BCUT2D eigenvalue weighted by atomic mass is 9.94. The van der Waals surface area contributed by atoms with Gasteiger partial charge >= 0.3 is 0 Å². The van der Waals surface area contributed by atoms with Crippen LogP contribution in [0.4, 0.5) is 5.69 Å². The molecule has 6 heteroatoms. The molecule has 1 aliphatic heterocycles. The van der Waals surface area contributed by atoms with E-state index in [1.807, 2.05) is 6.92 Å². The van der Waals surface area contributed by atoms with Gasteiger partial charge in [-0.15, -0.1) is 0 Å². The highest BCUT2D eigenvalue weighted by Crippen LogP contribution is 2.29. The van der Waals surface area contributed by atoms with Crippen molar-refractivity contribution in [1.82, 2.24) is 5.32 Å². The molecule has 1 saturated heterocycles. The number of nitrogens with one attached hydrogen (secondary N) is 1. The van der Waals surface area contributed by atoms with Gasteiger partial charge in [0.05, 0.1) is 5.69 Å². The van der Waals surface area contributed by atoms with Crippen molar-refractivity contribution in [2.24, 2.45) is 0 Å². The lowest BCUT2D eigenvalue weighted by Crippen LogP contribution is -2.65. The number of hydrogen-bond donors (Lipinski definition) is 1. The molecule has 0 aromatic heterocycles. The Kier molecular flexibility index (Phi) is 4.06. The van der Waals surface area contributed by atoms with E-state index in [0.717, 1.165) is 9.26 Å². The van der Waals surface area contributed by atoms with Crippen molar-refractivity contribution in [1.29, 1.82) is 0 Å². The molecule has 1 aromatic carbocycles. The highest BCUT2D eigenvalue weighted by atomic mass is 127. The van der Waals surface area contributed by atoms with Gasteiger partial charge in [0, 0.05) is 8.59 Å². The molecule has 4 nitrogen and oxygen atoms in total. The summed E-state index contributed by atoms with van der Waals surface area (Å²) in [5, 5.41) is 3.38. The predicted molar refractivity (Wildman–Crippen MR) is 83.4 cm³/mol. The van der Waals surface area contributed by atoms with Gasteiger partial charge < -0.3 is 5.32 Å². The van der Waals surface area contributed by atoms with Crippen molar-refractivity contribution in [2.45, 2.75) is 25.8 Å². The Balaban J connectivity index is 2.43. The summed E-state index contributed by atoms with van der Waals surface area (Å²) in [4.78, 5) is 25.9. The number of nitrogens with zero attached hydrogens (tertiary/aromatic N) is 1. The van der Waals surface area contributed by atoms with Gasteiger partial charge in [-0.1, -0.05) is 18.5 Å². The highest BCUT2D eigenvalue weighted by molar-refractivity contribution is 14.1. The summed E-state index contributed by atoms with van der Waals surface area (Å²) >= 11 is 8.04. The molecule has 2 rings (SSSR count). The summed E-state index contributed by atoms with van der Waals surface area (Å²) in [5.74, 6) is -0.232. The molecule has 2 amide bonds. The number of carbonyl (C=O) groups excluding carboxylic acids is 2. The van der Waals surface area contributed by atoms with Gasteiger partial charge in [0.2, 0.25) is 5.91 Å². The molecule has 1 fully saturated rings. The average molecular weight is 393 g/mol. The average Bonchev–Trinajstić information content (AvgIpc) is 2.34. The molecule has 0 aliphatic carbocycles. The SMILES string of the molecule is CCC1(C)NC(=O)CN(c2ccc(Cl)cc2I)C1=O. The molecular formula is C13H14ClIN2O2. The first-order valence-electron chi connectivity index (χ1n) is 5.95. The second-order valence-electron chi connectivity index (χ2n) is 4.72. The number of anilines is 1. The molecule has 0 spiro atoms. The van der Waals surface area contributed by atoms with Crippen molar-refractivity contribution in [3.05, 3.63) is 26.8 Å². The van der Waals surface area contributed by atoms with Gasteiger partial charge in [0.15, 0.2) is 0 Å². The third-order valence-electron chi connectivity index (χ3n) is 3.34. The number of piperazine rings is 1. The van der Waals surface area contributed by atoms with Crippen LogP contribution in [0.1, 0.15) is 20.3 Å². The normalized spacial score (nSPS) is 23.5. The predicted octanol–water partition coefficient (Wildman–Crippen LogP) is 2.58. The van der Waals surface area contributed by atoms with Crippen molar-refractivity contribution in [3.63, 3.8) is 0 Å². The summed E-state index contributed by atoms with van der Waals surface area (Å²) in [5.41, 5.74) is -0.109. The Morgan fingerprint density at radius 3 is 2.74 bits per heavy atom. The van der Waals surface area contributed by atoms with Crippen LogP contribution in [0.5, 0.6) is 0 Å². The first-order valence-corrected chi connectivity index (χ1v) is 7.41. The van der Waals surface area contributed by atoms with Crippen molar-refractivity contribution in [2.75, 3.05) is 11.4 Å². The van der Waals surface area contributed by atoms with Gasteiger partial charge in [-0.2, -0.15) is 0 Å². The summed E-state index contributed by atoms with van der Waals surface area (Å²) in [6, 6.07) is 5.28. The number of amides is 2. The molecule has 1 heterocycles. The van der Waals surface area contributed by atoms with Crippen LogP contribution in [-0.4, -0.2) is 23.9 Å². The van der Waals surface area contributed by atoms with Crippen LogP contribution in [-0.2, 0) is 9.59 Å². The van der Waals surface area contributed by atoms with Crippen LogP contribution >= 0.6 is 34.2 Å². The van der Waals surface area contributed by atoms with E-state index in [-0.39, 0.29) is 18.4 Å². The fraction of sp³-hybridized carbons (Fsp3) is 0.385. The molecule has 1 N–H and O–H groups in total. The van der Waals surface area contributed by atoms with Crippen LogP contribution < -0.4 is 10.2 Å². The minimum absolute atomic E-state index is 0.0477. The molecule has 0 bridgehead atoms. The third kappa shape index (κ3) is 2.72. The fourth-order valence-corrected chi connectivity index (χ4v) is 3.21. The molecule has 1 atom stereocenters. The summed E-state index contributed by atoms with van der Waals surface area (Å²) in [6.07, 6.45) is 0.554. The summed E-state index contributed by atoms with van der Waals surface area (Å²) in [6.45, 7) is 3.68. The molecule has 1 unspecified atom stereocenters. The Morgan fingerprint density at radius 1 is 1.47 bits per heavy atom. The van der Waals surface area contributed by atoms with E-state index >= 15 is 0 Å². The zero-order valence-electron chi connectivity index (χ0n) is 10.7. The van der Waals surface area contributed by atoms with E-state index in [0.29, 0.717) is 11.4 Å². The maximum Gasteiger partial charge on any atom is 0.252 e. The maximum absolute atomic E-state index is 12.5. The van der Waals surface area contributed by atoms with Crippen LogP contribution in [0.3, 0.4) is 0 Å². The zero-order valence-corrected chi connectivity index (χ0v) is 13.6. The topological polar surface area (TPSA) is 49.4 Å². The quantitative estimate of drug-likeness (QED) is 0.787. The lowest BCUT2D eigenvalue weighted by Gasteiger charge is -2.39. The van der Waals surface area contributed by atoms with E-state index in [4.69, 9.17) is 11.6 Å². The third-order valence-corrected chi connectivity index (χ3v) is 4.44. The Labute approximate surface area is 130 Å². The number of carbonyl (C=O) groups is 2. The van der Waals surface area contributed by atoms with Crippen LogP contribution in [0.2, 0.25) is 5.02 Å². The van der Waals surface area contributed by atoms with Crippen LogP contribution in [0.25, 0.3) is 0 Å². The van der Waals surface area contributed by atoms with Gasteiger partial charge in [0.25, 0.3) is 5.91 Å². The molecular weight excluding hydrogens is 379 g/mol. The van der Waals surface area contributed by atoms with E-state index in [1.54, 1.807) is 25.1 Å². The Morgan fingerprint density at radius 2 is 2.16 bits per heavy atom. The van der Waals surface area contributed by atoms with E-state index in [9.17, 15) is 9.59 Å². The monoisotopic (exact) mass is 392 g/mol.